The van der Waals surface area contributed by atoms with Crippen LogP contribution in [0.5, 0.6) is 0 Å². The van der Waals surface area contributed by atoms with Crippen LogP contribution in [-0.4, -0.2) is 21.9 Å². The van der Waals surface area contributed by atoms with E-state index in [0.29, 0.717) is 22.1 Å². The van der Waals surface area contributed by atoms with Gasteiger partial charge in [-0.15, -0.1) is 0 Å². The summed E-state index contributed by atoms with van der Waals surface area (Å²) in [7, 11) is 0. The minimum Gasteiger partial charge on any atom is -0.160 e. The lowest BCUT2D eigenvalue weighted by Crippen LogP contribution is -2.31. The molecule has 0 unspecified atom stereocenters. The van der Waals surface area contributed by atoms with Crippen molar-refractivity contribution in [3.63, 3.8) is 0 Å². The third-order valence-corrected chi connectivity index (χ3v) is 5.95. The van der Waals surface area contributed by atoms with Crippen LogP contribution in [-0.2, 0) is 5.41 Å². The van der Waals surface area contributed by atoms with Gasteiger partial charge in [0.1, 0.15) is 0 Å². The van der Waals surface area contributed by atoms with Crippen molar-refractivity contribution in [3.05, 3.63) is 34.9 Å². The Balaban J connectivity index is 2.82. The first-order valence-corrected chi connectivity index (χ1v) is 9.02. The molecule has 0 atom stereocenters. The van der Waals surface area contributed by atoms with E-state index in [1.165, 1.54) is 0 Å². The molecule has 1 aromatic rings. The average molecular weight is 441 g/mol. The van der Waals surface area contributed by atoms with E-state index in [1.807, 2.05) is 12.1 Å². The third-order valence-electron chi connectivity index (χ3n) is 2.81. The standard InChI is InChI=1S/C12H12Br2ClF3S/c13-7-11(8-14,5-6-19-12(16,17)18)9-1-3-10(15)4-2-9/h1-4H,5-8H2. The predicted octanol–water partition coefficient (Wildman–Crippen LogP) is 6.01. The summed E-state index contributed by atoms with van der Waals surface area (Å²) >= 11 is 12.7. The molecule has 0 saturated carbocycles. The Labute approximate surface area is 136 Å². The Hall–Kier alpha value is 0.610. The molecule has 0 radical (unpaired) electrons. The van der Waals surface area contributed by atoms with Gasteiger partial charge < -0.3 is 0 Å². The van der Waals surface area contributed by atoms with Crippen LogP contribution < -0.4 is 0 Å². The summed E-state index contributed by atoms with van der Waals surface area (Å²) in [6.45, 7) is 0. The molecule has 0 heterocycles. The summed E-state index contributed by atoms with van der Waals surface area (Å²) in [5, 5.41) is 1.79. The third kappa shape index (κ3) is 5.48. The zero-order valence-corrected chi connectivity index (χ0v) is 14.6. The molecule has 0 aliphatic heterocycles. The van der Waals surface area contributed by atoms with Gasteiger partial charge in [0.2, 0.25) is 0 Å². The second-order valence-corrected chi connectivity index (χ2v) is 6.82. The molecule has 7 heteroatoms. The first-order chi connectivity index (χ1) is 8.83. The fourth-order valence-electron chi connectivity index (χ4n) is 1.63. The van der Waals surface area contributed by atoms with Gasteiger partial charge in [0.25, 0.3) is 0 Å². The number of halogens is 6. The zero-order valence-electron chi connectivity index (χ0n) is 9.81. The molecule has 1 aromatic carbocycles. The Morgan fingerprint density at radius 1 is 1.05 bits per heavy atom. The lowest BCUT2D eigenvalue weighted by molar-refractivity contribution is -0.0328. The van der Waals surface area contributed by atoms with Gasteiger partial charge in [0, 0.05) is 26.9 Å². The number of alkyl halides is 5. The summed E-state index contributed by atoms with van der Waals surface area (Å²) in [5.41, 5.74) is -3.55. The monoisotopic (exact) mass is 438 g/mol. The van der Waals surface area contributed by atoms with Crippen LogP contribution in [0.4, 0.5) is 13.2 Å². The van der Waals surface area contributed by atoms with Crippen molar-refractivity contribution in [2.45, 2.75) is 17.3 Å². The molecule has 0 saturated heterocycles. The van der Waals surface area contributed by atoms with Crippen molar-refractivity contribution < 1.29 is 13.2 Å². The number of benzene rings is 1. The number of hydrogen-bond acceptors (Lipinski definition) is 1. The number of thioether (sulfide) groups is 1. The van der Waals surface area contributed by atoms with Gasteiger partial charge in [0.15, 0.2) is 0 Å². The highest BCUT2D eigenvalue weighted by atomic mass is 79.9. The van der Waals surface area contributed by atoms with Crippen molar-refractivity contribution >= 4 is 55.2 Å². The minimum atomic E-state index is -4.18. The maximum Gasteiger partial charge on any atom is 0.441 e. The molecule has 0 aromatic heterocycles. The molecule has 0 spiro atoms. The molecular formula is C12H12Br2ClF3S. The quantitative estimate of drug-likeness (QED) is 0.488. The fraction of sp³-hybridized carbons (Fsp3) is 0.500. The Morgan fingerprint density at radius 3 is 2.00 bits per heavy atom. The number of hydrogen-bond donors (Lipinski definition) is 0. The Kier molecular flexibility index (Phi) is 7.04. The SMILES string of the molecule is FC(F)(F)SCCC(CBr)(CBr)c1ccc(Cl)cc1. The molecule has 1 rings (SSSR count). The molecule has 108 valence electrons. The van der Waals surface area contributed by atoms with Gasteiger partial charge in [-0.3, -0.25) is 0 Å². The fourth-order valence-corrected chi connectivity index (χ4v) is 4.62. The van der Waals surface area contributed by atoms with Crippen LogP contribution in [0.15, 0.2) is 24.3 Å². The molecule has 0 aliphatic rings. The van der Waals surface area contributed by atoms with Crippen LogP contribution in [0, 0.1) is 0 Å². The van der Waals surface area contributed by atoms with E-state index in [-0.39, 0.29) is 22.9 Å². The van der Waals surface area contributed by atoms with Gasteiger partial charge in [-0.05, 0) is 24.1 Å². The summed E-state index contributed by atoms with van der Waals surface area (Å²) in [5.74, 6) is 0.0311. The first-order valence-electron chi connectivity index (χ1n) is 5.42. The maximum absolute atomic E-state index is 12.2. The molecule has 19 heavy (non-hydrogen) atoms. The van der Waals surface area contributed by atoms with Crippen molar-refractivity contribution in [1.82, 2.24) is 0 Å². The van der Waals surface area contributed by atoms with Crippen LogP contribution in [0.3, 0.4) is 0 Å². The smallest absolute Gasteiger partial charge is 0.160 e. The van der Waals surface area contributed by atoms with E-state index >= 15 is 0 Å². The highest BCUT2D eigenvalue weighted by Gasteiger charge is 2.33. The molecule has 0 N–H and O–H groups in total. The summed E-state index contributed by atoms with van der Waals surface area (Å²) in [4.78, 5) is 0. The highest BCUT2D eigenvalue weighted by Crippen LogP contribution is 2.37. The first kappa shape index (κ1) is 17.7. The van der Waals surface area contributed by atoms with Crippen molar-refractivity contribution in [1.29, 1.82) is 0 Å². The molecule has 0 nitrogen and oxygen atoms in total. The van der Waals surface area contributed by atoms with E-state index in [1.54, 1.807) is 12.1 Å². The van der Waals surface area contributed by atoms with Gasteiger partial charge in [0.05, 0.1) is 0 Å². The summed E-state index contributed by atoms with van der Waals surface area (Å²) < 4.78 is 36.6. The van der Waals surface area contributed by atoms with E-state index in [9.17, 15) is 13.2 Å². The van der Waals surface area contributed by atoms with E-state index in [2.05, 4.69) is 31.9 Å². The Morgan fingerprint density at radius 2 is 1.58 bits per heavy atom. The van der Waals surface area contributed by atoms with Gasteiger partial charge in [-0.25, -0.2) is 0 Å². The number of rotatable bonds is 6. The largest absolute Gasteiger partial charge is 0.441 e. The normalized spacial score (nSPS) is 12.7. The van der Waals surface area contributed by atoms with E-state index in [4.69, 9.17) is 11.6 Å². The van der Waals surface area contributed by atoms with Gasteiger partial charge in [-0.2, -0.15) is 13.2 Å². The molecule has 0 amide bonds. The van der Waals surface area contributed by atoms with Crippen LogP contribution in [0.25, 0.3) is 0 Å². The van der Waals surface area contributed by atoms with Crippen molar-refractivity contribution in [2.24, 2.45) is 0 Å². The van der Waals surface area contributed by atoms with E-state index < -0.39 is 5.51 Å². The predicted molar refractivity (Wildman–Crippen MR) is 83.8 cm³/mol. The van der Waals surface area contributed by atoms with Crippen LogP contribution >= 0.6 is 55.2 Å². The summed E-state index contributed by atoms with van der Waals surface area (Å²) in [6, 6.07) is 7.24. The Bertz CT molecular complexity index is 391. The lowest BCUT2D eigenvalue weighted by atomic mass is 9.82. The van der Waals surface area contributed by atoms with Crippen LogP contribution in [0.2, 0.25) is 5.02 Å². The van der Waals surface area contributed by atoms with Crippen molar-refractivity contribution in [2.75, 3.05) is 16.4 Å². The summed E-state index contributed by atoms with van der Waals surface area (Å²) in [6.07, 6.45) is 0.426. The average Bonchev–Trinajstić information content (AvgIpc) is 2.35. The zero-order chi connectivity index (χ0) is 14.5. The second kappa shape index (κ2) is 7.57. The maximum atomic E-state index is 12.2. The topological polar surface area (TPSA) is 0 Å². The molecule has 0 fully saturated rings. The highest BCUT2D eigenvalue weighted by molar-refractivity contribution is 9.09. The van der Waals surface area contributed by atoms with Crippen LogP contribution in [0.1, 0.15) is 12.0 Å². The molecule has 0 aliphatic carbocycles. The van der Waals surface area contributed by atoms with Gasteiger partial charge >= 0.3 is 5.51 Å². The molecule has 0 bridgehead atoms. The molecular weight excluding hydrogens is 428 g/mol. The lowest BCUT2D eigenvalue weighted by Gasteiger charge is -2.30. The van der Waals surface area contributed by atoms with Crippen molar-refractivity contribution in [3.8, 4) is 0 Å². The minimum absolute atomic E-state index is 0.0213. The second-order valence-electron chi connectivity index (χ2n) is 4.10. The van der Waals surface area contributed by atoms with Gasteiger partial charge in [-0.1, -0.05) is 67.4 Å². The van der Waals surface area contributed by atoms with E-state index in [0.717, 1.165) is 5.56 Å².